The predicted octanol–water partition coefficient (Wildman–Crippen LogP) is -3.51. The van der Waals surface area contributed by atoms with Crippen molar-refractivity contribution in [1.82, 2.24) is 0 Å². The molecule has 0 aliphatic carbocycles. The fourth-order valence-corrected chi connectivity index (χ4v) is 2.24. The molecule has 140 valence electrons. The molecule has 0 saturated carbocycles. The van der Waals surface area contributed by atoms with Crippen LogP contribution in [0.4, 0.5) is 0 Å². The number of rotatable bonds is 10. The summed E-state index contributed by atoms with van der Waals surface area (Å²) in [7, 11) is -3.35. The average Bonchev–Trinajstić information content (AvgIpc) is 2.48. The SMILES string of the molecule is BC(=O)CCOCCOC1OC(COP(=O)(O)O)C(O)C(O)C1O. The van der Waals surface area contributed by atoms with Crippen molar-refractivity contribution in [3.63, 3.8) is 0 Å². The van der Waals surface area contributed by atoms with Gasteiger partial charge < -0.3 is 44.1 Å². The molecule has 1 heterocycles. The average molecular weight is 372 g/mol. The summed E-state index contributed by atoms with van der Waals surface area (Å²) in [6.45, 7) is -0.423. The van der Waals surface area contributed by atoms with Crippen LogP contribution >= 0.6 is 7.82 Å². The molecule has 0 amide bonds. The van der Waals surface area contributed by atoms with Crippen LogP contribution in [0.2, 0.25) is 0 Å². The number of carbonyl (C=O) groups excluding carboxylic acids is 1. The summed E-state index contributed by atoms with van der Waals surface area (Å²) in [6, 6.07) is 0. The van der Waals surface area contributed by atoms with E-state index in [2.05, 4.69) is 4.52 Å². The van der Waals surface area contributed by atoms with Crippen molar-refractivity contribution in [2.45, 2.75) is 37.1 Å². The quantitative estimate of drug-likeness (QED) is 0.146. The van der Waals surface area contributed by atoms with Crippen LogP contribution in [0.3, 0.4) is 0 Å². The van der Waals surface area contributed by atoms with E-state index >= 15 is 0 Å². The summed E-state index contributed by atoms with van der Waals surface area (Å²) in [4.78, 5) is 28.0. The molecule has 1 aliphatic heterocycles. The van der Waals surface area contributed by atoms with Gasteiger partial charge in [-0.3, -0.25) is 4.52 Å². The number of aliphatic hydroxyl groups is 3. The number of hydrogen-bond donors (Lipinski definition) is 5. The summed E-state index contributed by atoms with van der Waals surface area (Å²) in [5, 5.41) is 29.3. The standard InChI is InChI=1S/C11H22BO11P/c12-7(13)1-2-20-3-4-21-11-10(16)9(15)8(14)6(23-11)5-22-24(17,18)19/h6,8-11,14-16H,1-5,12H2,(H2,17,18,19). The molecule has 0 spiro atoms. The van der Waals surface area contributed by atoms with Crippen LogP contribution in [0.15, 0.2) is 0 Å². The van der Waals surface area contributed by atoms with Gasteiger partial charge in [0.05, 0.1) is 32.1 Å². The maximum absolute atomic E-state index is 10.7. The fourth-order valence-electron chi connectivity index (χ4n) is 1.90. The molecule has 0 aromatic rings. The summed E-state index contributed by atoms with van der Waals surface area (Å²) >= 11 is 0. The third-order valence-corrected chi connectivity index (χ3v) is 3.67. The zero-order valence-corrected chi connectivity index (χ0v) is 13.9. The van der Waals surface area contributed by atoms with Crippen LogP contribution < -0.4 is 0 Å². The Morgan fingerprint density at radius 1 is 1.08 bits per heavy atom. The van der Waals surface area contributed by atoms with Gasteiger partial charge in [-0.25, -0.2) is 4.57 Å². The Balaban J connectivity index is 2.42. The second-order valence-corrected chi connectivity index (χ2v) is 6.48. The lowest BCUT2D eigenvalue weighted by Crippen LogP contribution is -2.59. The van der Waals surface area contributed by atoms with Crippen molar-refractivity contribution in [1.29, 1.82) is 0 Å². The largest absolute Gasteiger partial charge is 0.469 e. The maximum Gasteiger partial charge on any atom is 0.469 e. The highest BCUT2D eigenvalue weighted by molar-refractivity contribution is 7.46. The molecule has 11 nitrogen and oxygen atoms in total. The van der Waals surface area contributed by atoms with Gasteiger partial charge in [-0.15, -0.1) is 0 Å². The molecule has 0 bridgehead atoms. The fraction of sp³-hybridized carbons (Fsp3) is 0.909. The number of ether oxygens (including phenoxy) is 3. The van der Waals surface area contributed by atoms with Gasteiger partial charge in [0, 0.05) is 6.42 Å². The third-order valence-electron chi connectivity index (χ3n) is 3.18. The monoisotopic (exact) mass is 372 g/mol. The van der Waals surface area contributed by atoms with E-state index in [9.17, 15) is 24.7 Å². The Bertz CT molecular complexity index is 444. The Hall–Kier alpha value is -0.395. The third kappa shape index (κ3) is 7.66. The molecule has 5 atom stereocenters. The normalized spacial score (nSPS) is 31.1. The zero-order valence-electron chi connectivity index (χ0n) is 13.1. The molecule has 1 aliphatic rings. The van der Waals surface area contributed by atoms with E-state index in [1.54, 1.807) is 0 Å². The van der Waals surface area contributed by atoms with E-state index in [0.717, 1.165) is 0 Å². The highest BCUT2D eigenvalue weighted by Gasteiger charge is 2.44. The topological polar surface area (TPSA) is 172 Å². The van der Waals surface area contributed by atoms with E-state index in [-0.39, 0.29) is 31.9 Å². The summed E-state index contributed by atoms with van der Waals surface area (Å²) in [5.74, 6) is 0. The molecule has 1 rings (SSSR count). The van der Waals surface area contributed by atoms with Crippen molar-refractivity contribution < 1.29 is 53.2 Å². The first-order valence-electron chi connectivity index (χ1n) is 7.20. The molecule has 1 fully saturated rings. The van der Waals surface area contributed by atoms with Crippen LogP contribution in [0.1, 0.15) is 6.42 Å². The minimum absolute atomic E-state index is 0.0213. The van der Waals surface area contributed by atoms with E-state index in [0.29, 0.717) is 0 Å². The molecular formula is C11H22BO11P. The van der Waals surface area contributed by atoms with Crippen LogP contribution in [0.5, 0.6) is 0 Å². The minimum Gasteiger partial charge on any atom is -0.387 e. The molecule has 1 saturated heterocycles. The lowest BCUT2D eigenvalue weighted by Gasteiger charge is -2.40. The smallest absolute Gasteiger partial charge is 0.387 e. The lowest BCUT2D eigenvalue weighted by molar-refractivity contribution is -0.301. The van der Waals surface area contributed by atoms with Crippen molar-refractivity contribution in [2.75, 3.05) is 26.4 Å². The number of phosphoric ester groups is 1. The first-order chi connectivity index (χ1) is 11.1. The molecule has 0 aromatic carbocycles. The molecular weight excluding hydrogens is 350 g/mol. The zero-order chi connectivity index (χ0) is 18.3. The molecule has 0 radical (unpaired) electrons. The molecule has 5 N–H and O–H groups in total. The van der Waals surface area contributed by atoms with Gasteiger partial charge in [0.15, 0.2) is 14.1 Å². The number of hydrogen-bond acceptors (Lipinski definition) is 9. The van der Waals surface area contributed by atoms with Gasteiger partial charge in [0.2, 0.25) is 0 Å². The first kappa shape index (κ1) is 21.6. The summed E-state index contributed by atoms with van der Waals surface area (Å²) in [5.41, 5.74) is -0.0213. The Morgan fingerprint density at radius 2 is 1.75 bits per heavy atom. The highest BCUT2D eigenvalue weighted by atomic mass is 31.2. The van der Waals surface area contributed by atoms with Gasteiger partial charge in [0.1, 0.15) is 24.4 Å². The van der Waals surface area contributed by atoms with E-state index in [1.807, 2.05) is 0 Å². The van der Waals surface area contributed by atoms with Crippen LogP contribution in [0.25, 0.3) is 0 Å². The molecule has 24 heavy (non-hydrogen) atoms. The van der Waals surface area contributed by atoms with Crippen LogP contribution in [0, 0.1) is 0 Å². The minimum atomic E-state index is -4.78. The Kier molecular flexibility index (Phi) is 8.95. The van der Waals surface area contributed by atoms with Crippen molar-refractivity contribution in [3.8, 4) is 0 Å². The number of aliphatic hydroxyl groups excluding tert-OH is 3. The van der Waals surface area contributed by atoms with Crippen LogP contribution in [-0.2, 0) is 28.1 Å². The second-order valence-electron chi connectivity index (χ2n) is 5.24. The van der Waals surface area contributed by atoms with Gasteiger partial charge in [-0.05, 0) is 0 Å². The van der Waals surface area contributed by atoms with E-state index < -0.39 is 45.1 Å². The van der Waals surface area contributed by atoms with E-state index in [4.69, 9.17) is 24.0 Å². The number of phosphoric acid groups is 1. The van der Waals surface area contributed by atoms with Gasteiger partial charge in [-0.1, -0.05) is 0 Å². The first-order valence-corrected chi connectivity index (χ1v) is 8.73. The van der Waals surface area contributed by atoms with E-state index in [1.165, 1.54) is 7.85 Å². The maximum atomic E-state index is 10.7. The van der Waals surface area contributed by atoms with Gasteiger partial charge in [0.25, 0.3) is 0 Å². The second kappa shape index (κ2) is 9.93. The van der Waals surface area contributed by atoms with Gasteiger partial charge >= 0.3 is 7.82 Å². The molecule has 5 unspecified atom stereocenters. The number of carbonyl (C=O) groups is 1. The molecule has 0 aromatic heterocycles. The Morgan fingerprint density at radius 3 is 2.33 bits per heavy atom. The summed E-state index contributed by atoms with van der Waals surface area (Å²) in [6.07, 6.45) is -7.21. The highest BCUT2D eigenvalue weighted by Crippen LogP contribution is 2.37. The van der Waals surface area contributed by atoms with Gasteiger partial charge in [-0.2, -0.15) is 0 Å². The summed E-state index contributed by atoms with van der Waals surface area (Å²) < 4.78 is 30.4. The predicted molar refractivity (Wildman–Crippen MR) is 79.6 cm³/mol. The molecule has 13 heteroatoms. The van der Waals surface area contributed by atoms with Crippen molar-refractivity contribution >= 4 is 21.4 Å². The van der Waals surface area contributed by atoms with Crippen LogP contribution in [-0.4, -0.2) is 95.8 Å². The van der Waals surface area contributed by atoms with Crippen molar-refractivity contribution in [3.05, 3.63) is 0 Å². The Labute approximate surface area is 139 Å². The lowest BCUT2D eigenvalue weighted by atomic mass is 9.99. The van der Waals surface area contributed by atoms with Crippen molar-refractivity contribution in [2.24, 2.45) is 0 Å².